The van der Waals surface area contributed by atoms with Gasteiger partial charge in [-0.3, -0.25) is 4.79 Å². The molecule has 2 aliphatic rings. The minimum Gasteiger partial charge on any atom is -0.353 e. The molecule has 3 N–H and O–H groups in total. The molecule has 3 aromatic rings. The van der Waals surface area contributed by atoms with Crippen LogP contribution in [-0.2, 0) is 11.3 Å². The number of fused-ring (bicyclic) bond motifs is 1. The molecular formula is C31H41BrClN3O. The first kappa shape index (κ1) is 28.2. The zero-order valence-corrected chi connectivity index (χ0v) is 24.3. The molecule has 6 heteroatoms. The van der Waals surface area contributed by atoms with E-state index in [0.717, 1.165) is 42.6 Å². The number of nitrogens with zero attached hydrogens (tertiary/aromatic N) is 1. The molecule has 2 fully saturated rings. The van der Waals surface area contributed by atoms with Crippen LogP contribution in [0.5, 0.6) is 0 Å². The van der Waals surface area contributed by atoms with E-state index in [4.69, 9.17) is 5.73 Å². The van der Waals surface area contributed by atoms with Gasteiger partial charge in [-0.05, 0) is 74.6 Å². The van der Waals surface area contributed by atoms with Crippen molar-refractivity contribution >= 4 is 45.1 Å². The van der Waals surface area contributed by atoms with Gasteiger partial charge in [0, 0.05) is 52.5 Å². The largest absolute Gasteiger partial charge is 0.353 e. The number of halogens is 2. The maximum Gasteiger partial charge on any atom is 0.221 e. The number of aryl methyl sites for hydroxylation is 1. The number of hydrogen-bond donors (Lipinski definition) is 2. The van der Waals surface area contributed by atoms with Gasteiger partial charge >= 0.3 is 0 Å². The summed E-state index contributed by atoms with van der Waals surface area (Å²) in [6.45, 7) is 3.19. The minimum atomic E-state index is 0. The van der Waals surface area contributed by atoms with Crippen molar-refractivity contribution in [1.82, 2.24) is 9.88 Å². The molecule has 4 nitrogen and oxygen atoms in total. The maximum atomic E-state index is 13.4. The van der Waals surface area contributed by atoms with Gasteiger partial charge in [-0.2, -0.15) is 0 Å². The Hall–Kier alpha value is -1.82. The standard InChI is InChI=1S/C31H40BrN3O.ClH/c1-21-6-5-9-23(16-21)28(18-31(36)34-26-13-11-25(33)12-14-26)29-20-35(19-22-7-3-2-4-8-22)30-17-24(32)10-15-27(29)30;/h5-6,9-10,15-17,20,22,25-26,28H,2-4,7-8,11-14,18-19,33H2,1H3,(H,34,36);1H. The predicted octanol–water partition coefficient (Wildman–Crippen LogP) is 7.62. The Morgan fingerprint density at radius 1 is 1.05 bits per heavy atom. The second kappa shape index (κ2) is 12.8. The van der Waals surface area contributed by atoms with Gasteiger partial charge < -0.3 is 15.6 Å². The lowest BCUT2D eigenvalue weighted by molar-refractivity contribution is -0.122. The van der Waals surface area contributed by atoms with Gasteiger partial charge in [-0.25, -0.2) is 0 Å². The van der Waals surface area contributed by atoms with Crippen LogP contribution in [0.15, 0.2) is 53.1 Å². The molecule has 2 aromatic carbocycles. The fourth-order valence-electron chi connectivity index (χ4n) is 6.40. The van der Waals surface area contributed by atoms with Gasteiger partial charge in [-0.1, -0.05) is 71.1 Å². The number of benzene rings is 2. The Balaban J connectivity index is 0.00000320. The summed E-state index contributed by atoms with van der Waals surface area (Å²) in [6, 6.07) is 15.8. The van der Waals surface area contributed by atoms with Gasteiger partial charge in [-0.15, -0.1) is 12.4 Å². The Morgan fingerprint density at radius 3 is 2.54 bits per heavy atom. The summed E-state index contributed by atoms with van der Waals surface area (Å²) in [5, 5.41) is 4.61. The van der Waals surface area contributed by atoms with Crippen molar-refractivity contribution in [3.8, 4) is 0 Å². The molecule has 200 valence electrons. The number of carbonyl (C=O) groups is 1. The zero-order valence-electron chi connectivity index (χ0n) is 21.9. The fraction of sp³-hybridized carbons (Fsp3) is 0.516. The summed E-state index contributed by atoms with van der Waals surface area (Å²) in [5.41, 5.74) is 11.1. The molecule has 2 aliphatic carbocycles. The lowest BCUT2D eigenvalue weighted by atomic mass is 9.86. The highest BCUT2D eigenvalue weighted by atomic mass is 79.9. The van der Waals surface area contributed by atoms with Crippen LogP contribution in [0.1, 0.15) is 86.8 Å². The van der Waals surface area contributed by atoms with Crippen molar-refractivity contribution in [2.24, 2.45) is 11.7 Å². The molecule has 0 spiro atoms. The van der Waals surface area contributed by atoms with E-state index in [0.29, 0.717) is 6.42 Å². The van der Waals surface area contributed by atoms with Crippen LogP contribution in [0, 0.1) is 12.8 Å². The van der Waals surface area contributed by atoms with E-state index in [1.165, 1.54) is 59.7 Å². The molecule has 1 heterocycles. The summed E-state index contributed by atoms with van der Waals surface area (Å²) >= 11 is 3.71. The van der Waals surface area contributed by atoms with Crippen molar-refractivity contribution in [2.45, 2.75) is 95.7 Å². The van der Waals surface area contributed by atoms with Gasteiger partial charge in [0.25, 0.3) is 0 Å². The van der Waals surface area contributed by atoms with E-state index in [9.17, 15) is 4.79 Å². The lowest BCUT2D eigenvalue weighted by Gasteiger charge is -2.27. The number of nitrogens with two attached hydrogens (primary N) is 1. The molecule has 5 rings (SSSR count). The van der Waals surface area contributed by atoms with Crippen molar-refractivity contribution < 1.29 is 4.79 Å². The first-order valence-electron chi connectivity index (χ1n) is 13.9. The molecule has 1 unspecified atom stereocenters. The Bertz CT molecular complexity index is 1190. The highest BCUT2D eigenvalue weighted by Crippen LogP contribution is 2.37. The van der Waals surface area contributed by atoms with Gasteiger partial charge in [0.05, 0.1) is 0 Å². The molecule has 1 amide bonds. The molecule has 0 radical (unpaired) electrons. The zero-order chi connectivity index (χ0) is 25.1. The summed E-state index contributed by atoms with van der Waals surface area (Å²) in [7, 11) is 0. The van der Waals surface area contributed by atoms with E-state index in [2.05, 4.69) is 81.4 Å². The SMILES string of the molecule is Cc1cccc(C(CC(=O)NC2CCC(N)CC2)c2cn(CC3CCCCC3)c3cc(Br)ccc23)c1.Cl. The third-order valence-corrected chi connectivity index (χ3v) is 8.89. The normalized spacial score (nSPS) is 21.4. The van der Waals surface area contributed by atoms with Crippen LogP contribution in [0.4, 0.5) is 0 Å². The monoisotopic (exact) mass is 585 g/mol. The number of nitrogens with one attached hydrogen (secondary N) is 1. The Morgan fingerprint density at radius 2 is 1.81 bits per heavy atom. The number of aromatic nitrogens is 1. The third-order valence-electron chi connectivity index (χ3n) is 8.40. The van der Waals surface area contributed by atoms with Gasteiger partial charge in [0.2, 0.25) is 5.91 Å². The van der Waals surface area contributed by atoms with E-state index in [-0.39, 0.29) is 36.3 Å². The molecule has 0 saturated heterocycles. The third kappa shape index (κ3) is 6.99. The molecule has 1 atom stereocenters. The smallest absolute Gasteiger partial charge is 0.221 e. The number of rotatable bonds is 7. The highest BCUT2D eigenvalue weighted by Gasteiger charge is 2.26. The molecule has 37 heavy (non-hydrogen) atoms. The molecule has 0 bridgehead atoms. The Kier molecular flexibility index (Phi) is 9.77. The van der Waals surface area contributed by atoms with Crippen LogP contribution in [0.2, 0.25) is 0 Å². The topological polar surface area (TPSA) is 60.1 Å². The van der Waals surface area contributed by atoms with Crippen LogP contribution in [-0.4, -0.2) is 22.6 Å². The highest BCUT2D eigenvalue weighted by molar-refractivity contribution is 9.10. The van der Waals surface area contributed by atoms with Crippen LogP contribution in [0.3, 0.4) is 0 Å². The molecule has 2 saturated carbocycles. The first-order chi connectivity index (χ1) is 17.5. The average molecular weight is 587 g/mol. The summed E-state index contributed by atoms with van der Waals surface area (Å²) in [5.74, 6) is 0.902. The van der Waals surface area contributed by atoms with Crippen LogP contribution < -0.4 is 11.1 Å². The quantitative estimate of drug-likeness (QED) is 0.299. The summed E-state index contributed by atoms with van der Waals surface area (Å²) in [6.07, 6.45) is 13.5. The fourth-order valence-corrected chi connectivity index (χ4v) is 6.75. The van der Waals surface area contributed by atoms with E-state index >= 15 is 0 Å². The Labute approximate surface area is 236 Å². The maximum absolute atomic E-state index is 13.4. The van der Waals surface area contributed by atoms with E-state index in [1.807, 2.05) is 0 Å². The number of carbonyl (C=O) groups excluding carboxylic acids is 1. The average Bonchev–Trinajstić information content (AvgIpc) is 3.21. The van der Waals surface area contributed by atoms with E-state index in [1.54, 1.807) is 0 Å². The first-order valence-corrected chi connectivity index (χ1v) is 14.7. The van der Waals surface area contributed by atoms with Crippen molar-refractivity contribution in [3.05, 3.63) is 69.8 Å². The summed E-state index contributed by atoms with van der Waals surface area (Å²) in [4.78, 5) is 13.4. The second-order valence-electron chi connectivity index (χ2n) is 11.3. The number of hydrogen-bond acceptors (Lipinski definition) is 2. The van der Waals surface area contributed by atoms with Crippen molar-refractivity contribution in [3.63, 3.8) is 0 Å². The number of amides is 1. The predicted molar refractivity (Wildman–Crippen MR) is 159 cm³/mol. The van der Waals surface area contributed by atoms with Crippen LogP contribution in [0.25, 0.3) is 10.9 Å². The van der Waals surface area contributed by atoms with Crippen molar-refractivity contribution in [2.75, 3.05) is 0 Å². The van der Waals surface area contributed by atoms with Gasteiger partial charge in [0.15, 0.2) is 0 Å². The second-order valence-corrected chi connectivity index (χ2v) is 12.2. The minimum absolute atomic E-state index is 0. The van der Waals surface area contributed by atoms with Crippen LogP contribution >= 0.6 is 28.3 Å². The van der Waals surface area contributed by atoms with E-state index < -0.39 is 0 Å². The molecular weight excluding hydrogens is 546 g/mol. The molecule has 0 aliphatic heterocycles. The van der Waals surface area contributed by atoms with Gasteiger partial charge in [0.1, 0.15) is 0 Å². The molecule has 1 aromatic heterocycles. The summed E-state index contributed by atoms with van der Waals surface area (Å²) < 4.78 is 3.57. The van der Waals surface area contributed by atoms with Crippen molar-refractivity contribution in [1.29, 1.82) is 0 Å². The lowest BCUT2D eigenvalue weighted by Crippen LogP contribution is -2.40.